The van der Waals surface area contributed by atoms with Gasteiger partial charge in [-0.2, -0.15) is 0 Å². The predicted molar refractivity (Wildman–Crippen MR) is 94.1 cm³/mol. The van der Waals surface area contributed by atoms with Crippen molar-refractivity contribution in [3.05, 3.63) is 63.1 Å². The van der Waals surface area contributed by atoms with Crippen molar-refractivity contribution in [2.75, 3.05) is 7.11 Å². The molecule has 1 aliphatic carbocycles. The van der Waals surface area contributed by atoms with Crippen LogP contribution in [0, 0.1) is 6.92 Å². The second-order valence-electron chi connectivity index (χ2n) is 5.54. The van der Waals surface area contributed by atoms with Crippen LogP contribution >= 0.6 is 46.4 Å². The predicted octanol–water partition coefficient (Wildman–Crippen LogP) is 6.37. The first-order valence-corrected chi connectivity index (χ1v) is 8.34. The minimum atomic E-state index is -0.835. The third-order valence-corrected chi connectivity index (χ3v) is 5.96. The van der Waals surface area contributed by atoms with Gasteiger partial charge in [0.25, 0.3) is 0 Å². The Balaban J connectivity index is 1.95. The second kappa shape index (κ2) is 5.79. The van der Waals surface area contributed by atoms with Crippen molar-refractivity contribution in [2.45, 2.75) is 23.1 Å². The summed E-state index contributed by atoms with van der Waals surface area (Å²) in [6.45, 7) is 1.92. The quantitative estimate of drug-likeness (QED) is 0.566. The van der Waals surface area contributed by atoms with E-state index in [1.54, 1.807) is 7.11 Å². The molecule has 2 atom stereocenters. The molecule has 0 heterocycles. The lowest BCUT2D eigenvalue weighted by atomic mass is 10.0. The van der Waals surface area contributed by atoms with Crippen LogP contribution in [0.4, 0.5) is 0 Å². The number of hydrogen-bond donors (Lipinski definition) is 0. The summed E-state index contributed by atoms with van der Waals surface area (Å²) < 4.78 is 4.34. The van der Waals surface area contributed by atoms with Crippen LogP contribution in [-0.4, -0.2) is 11.4 Å². The molecule has 2 aromatic carbocycles. The van der Waals surface area contributed by atoms with E-state index in [2.05, 4.69) is 0 Å². The van der Waals surface area contributed by atoms with Crippen LogP contribution < -0.4 is 4.74 Å². The summed E-state index contributed by atoms with van der Waals surface area (Å²) in [5.41, 5.74) is 3.02. The van der Waals surface area contributed by atoms with Crippen molar-refractivity contribution in [1.82, 2.24) is 0 Å². The van der Waals surface area contributed by atoms with Gasteiger partial charge in [0.1, 0.15) is 10.1 Å². The molecule has 1 saturated carbocycles. The number of aryl methyl sites for hydroxylation is 1. The summed E-state index contributed by atoms with van der Waals surface area (Å²) in [7, 11) is 1.64. The van der Waals surface area contributed by atoms with E-state index in [-0.39, 0.29) is 11.8 Å². The average Bonchev–Trinajstić information content (AvgIpc) is 3.07. The van der Waals surface area contributed by atoms with Crippen molar-refractivity contribution in [3.8, 4) is 5.75 Å². The van der Waals surface area contributed by atoms with Crippen LogP contribution in [0.1, 0.15) is 28.5 Å². The van der Waals surface area contributed by atoms with E-state index in [1.165, 1.54) is 0 Å². The van der Waals surface area contributed by atoms with E-state index in [0.717, 1.165) is 22.4 Å². The Bertz CT molecular complexity index is 686. The topological polar surface area (TPSA) is 9.23 Å². The molecule has 0 bridgehead atoms. The average molecular weight is 376 g/mol. The third-order valence-electron chi connectivity index (χ3n) is 4.12. The van der Waals surface area contributed by atoms with Gasteiger partial charge in [0.05, 0.1) is 17.2 Å². The van der Waals surface area contributed by atoms with Crippen LogP contribution in [0.2, 0.25) is 10.0 Å². The molecule has 1 fully saturated rings. The van der Waals surface area contributed by atoms with E-state index >= 15 is 0 Å². The molecule has 0 N–H and O–H groups in total. The normalized spacial score (nSPS) is 22.5. The van der Waals surface area contributed by atoms with Crippen LogP contribution in [0.25, 0.3) is 0 Å². The maximum Gasteiger partial charge on any atom is 0.133 e. The Morgan fingerprint density at radius 1 is 0.955 bits per heavy atom. The van der Waals surface area contributed by atoms with E-state index in [4.69, 9.17) is 51.1 Å². The standard InChI is InChI=1S/C17H14Cl4O/c1-9-7-11(8-13(18)16(9)19)15-14(17(15,20)21)10-3-5-12(22-2)6-4-10/h3-8,14-15H,1-2H3/t14-,15-/m0/s1. The fourth-order valence-electron chi connectivity index (χ4n) is 2.90. The van der Waals surface area contributed by atoms with Gasteiger partial charge in [-0.05, 0) is 41.8 Å². The number of hydrogen-bond acceptors (Lipinski definition) is 1. The zero-order chi connectivity index (χ0) is 16.1. The SMILES string of the molecule is COc1ccc([C@H]2[C@H](c3cc(C)c(Cl)c(Cl)c3)C2(Cl)Cl)cc1. The van der Waals surface area contributed by atoms with E-state index in [9.17, 15) is 0 Å². The summed E-state index contributed by atoms with van der Waals surface area (Å²) in [4.78, 5) is 0. The Hall–Kier alpha value is -0.600. The molecule has 22 heavy (non-hydrogen) atoms. The largest absolute Gasteiger partial charge is 0.497 e. The van der Waals surface area contributed by atoms with Gasteiger partial charge < -0.3 is 4.74 Å². The highest BCUT2D eigenvalue weighted by Crippen LogP contribution is 2.70. The molecule has 116 valence electrons. The van der Waals surface area contributed by atoms with Gasteiger partial charge in [-0.25, -0.2) is 0 Å². The molecule has 0 aromatic heterocycles. The van der Waals surface area contributed by atoms with Crippen molar-refractivity contribution >= 4 is 46.4 Å². The number of rotatable bonds is 3. The van der Waals surface area contributed by atoms with Crippen LogP contribution in [0.5, 0.6) is 5.75 Å². The first kappa shape index (κ1) is 16.3. The van der Waals surface area contributed by atoms with Crippen molar-refractivity contribution in [3.63, 3.8) is 0 Å². The summed E-state index contributed by atoms with van der Waals surface area (Å²) in [5, 5.41) is 1.10. The van der Waals surface area contributed by atoms with Crippen molar-refractivity contribution < 1.29 is 4.74 Å². The maximum absolute atomic E-state index is 6.52. The van der Waals surface area contributed by atoms with Gasteiger partial charge in [0.2, 0.25) is 0 Å². The minimum absolute atomic E-state index is 0.00213. The molecule has 1 nitrogen and oxygen atoms in total. The molecule has 1 aliphatic rings. The number of benzene rings is 2. The summed E-state index contributed by atoms with van der Waals surface area (Å²) in [6, 6.07) is 11.7. The third kappa shape index (κ3) is 2.69. The monoisotopic (exact) mass is 374 g/mol. The molecule has 0 unspecified atom stereocenters. The van der Waals surface area contributed by atoms with Crippen molar-refractivity contribution in [1.29, 1.82) is 0 Å². The fraction of sp³-hybridized carbons (Fsp3) is 0.294. The van der Waals surface area contributed by atoms with Crippen LogP contribution in [0.3, 0.4) is 0 Å². The van der Waals surface area contributed by atoms with Gasteiger partial charge in [0, 0.05) is 11.8 Å². The molecule has 5 heteroatoms. The molecule has 0 saturated heterocycles. The summed E-state index contributed by atoms with van der Waals surface area (Å²) in [5.74, 6) is 0.831. The Labute approximate surface area is 150 Å². The number of methoxy groups -OCH3 is 1. The first-order chi connectivity index (χ1) is 10.4. The van der Waals surface area contributed by atoms with Gasteiger partial charge in [-0.1, -0.05) is 41.4 Å². The lowest BCUT2D eigenvalue weighted by molar-refractivity contribution is 0.414. The minimum Gasteiger partial charge on any atom is -0.497 e. The molecule has 0 amide bonds. The van der Waals surface area contributed by atoms with Crippen LogP contribution in [0.15, 0.2) is 36.4 Å². The van der Waals surface area contributed by atoms with Gasteiger partial charge in [-0.3, -0.25) is 0 Å². The second-order valence-corrected chi connectivity index (χ2v) is 7.77. The lowest BCUT2D eigenvalue weighted by Gasteiger charge is -2.06. The molecular formula is C17H14Cl4O. The molecule has 0 radical (unpaired) electrons. The van der Waals surface area contributed by atoms with Gasteiger partial charge in [-0.15, -0.1) is 23.2 Å². The molecular weight excluding hydrogens is 362 g/mol. The smallest absolute Gasteiger partial charge is 0.133 e. The maximum atomic E-state index is 6.52. The van der Waals surface area contributed by atoms with Gasteiger partial charge in [0.15, 0.2) is 0 Å². The number of ether oxygens (including phenoxy) is 1. The molecule has 0 spiro atoms. The first-order valence-electron chi connectivity index (χ1n) is 6.83. The highest BCUT2D eigenvalue weighted by Gasteiger charge is 2.64. The van der Waals surface area contributed by atoms with Crippen molar-refractivity contribution in [2.24, 2.45) is 0 Å². The Morgan fingerprint density at radius 3 is 2.09 bits per heavy atom. The van der Waals surface area contributed by atoms with E-state index in [1.807, 2.05) is 43.3 Å². The van der Waals surface area contributed by atoms with E-state index in [0.29, 0.717) is 10.0 Å². The molecule has 2 aromatic rings. The highest BCUT2D eigenvalue weighted by molar-refractivity contribution is 6.52. The van der Waals surface area contributed by atoms with E-state index < -0.39 is 4.33 Å². The van der Waals surface area contributed by atoms with Crippen LogP contribution in [-0.2, 0) is 0 Å². The molecule has 3 rings (SSSR count). The highest BCUT2D eigenvalue weighted by atomic mass is 35.5. The molecule has 0 aliphatic heterocycles. The fourth-order valence-corrected chi connectivity index (χ4v) is 4.17. The Kier molecular flexibility index (Phi) is 4.28. The number of halogens is 4. The summed E-state index contributed by atoms with van der Waals surface area (Å²) in [6.07, 6.45) is 0. The zero-order valence-electron chi connectivity index (χ0n) is 12.0. The summed E-state index contributed by atoms with van der Waals surface area (Å²) >= 11 is 25.3. The lowest BCUT2D eigenvalue weighted by Crippen LogP contribution is -1.92. The Morgan fingerprint density at radius 2 is 1.55 bits per heavy atom. The zero-order valence-corrected chi connectivity index (χ0v) is 15.1. The van der Waals surface area contributed by atoms with Gasteiger partial charge >= 0.3 is 0 Å². The number of alkyl halides is 2.